The van der Waals surface area contributed by atoms with E-state index in [1.165, 1.54) is 5.56 Å². The zero-order valence-corrected chi connectivity index (χ0v) is 12.6. The lowest BCUT2D eigenvalue weighted by Gasteiger charge is -2.04. The van der Waals surface area contributed by atoms with Gasteiger partial charge in [-0.2, -0.15) is 10.4 Å². The lowest BCUT2D eigenvalue weighted by molar-refractivity contribution is 0.0955. The summed E-state index contributed by atoms with van der Waals surface area (Å²) >= 11 is 0. The summed E-state index contributed by atoms with van der Waals surface area (Å²) in [5.74, 6) is 0.182. The first-order valence-corrected chi connectivity index (χ1v) is 7.03. The van der Waals surface area contributed by atoms with Crippen LogP contribution in [0.2, 0.25) is 0 Å². The van der Waals surface area contributed by atoms with Crippen molar-refractivity contribution in [2.75, 3.05) is 0 Å². The zero-order chi connectivity index (χ0) is 15.9. The summed E-state index contributed by atoms with van der Waals surface area (Å²) in [6.07, 6.45) is 1.60. The SMILES string of the molecule is CC(C)c1ccc(/C=N\NC(=O)c2ccc(C#N)cc2)cc1. The molecule has 0 aliphatic rings. The lowest BCUT2D eigenvalue weighted by Crippen LogP contribution is -2.17. The Labute approximate surface area is 130 Å². The van der Waals surface area contributed by atoms with Crippen molar-refractivity contribution in [2.45, 2.75) is 19.8 Å². The molecule has 1 N–H and O–H groups in total. The van der Waals surface area contributed by atoms with Crippen molar-refractivity contribution in [1.82, 2.24) is 5.43 Å². The largest absolute Gasteiger partial charge is 0.271 e. The van der Waals surface area contributed by atoms with E-state index in [0.29, 0.717) is 17.0 Å². The minimum Gasteiger partial charge on any atom is -0.267 e. The van der Waals surface area contributed by atoms with Crippen LogP contribution in [0.25, 0.3) is 0 Å². The minimum absolute atomic E-state index is 0.306. The molecule has 2 aromatic carbocycles. The van der Waals surface area contributed by atoms with Crippen molar-refractivity contribution in [3.63, 3.8) is 0 Å². The fourth-order valence-corrected chi connectivity index (χ4v) is 1.89. The molecule has 2 aromatic rings. The first-order chi connectivity index (χ1) is 10.6. The van der Waals surface area contributed by atoms with Gasteiger partial charge >= 0.3 is 0 Å². The second-order valence-corrected chi connectivity index (χ2v) is 5.21. The molecule has 0 radical (unpaired) electrons. The van der Waals surface area contributed by atoms with Gasteiger partial charge < -0.3 is 0 Å². The van der Waals surface area contributed by atoms with Crippen LogP contribution in [0.15, 0.2) is 53.6 Å². The normalized spacial score (nSPS) is 10.6. The highest BCUT2D eigenvalue weighted by molar-refractivity contribution is 5.94. The molecule has 4 heteroatoms. The number of nitrogens with one attached hydrogen (secondary N) is 1. The van der Waals surface area contributed by atoms with E-state index in [4.69, 9.17) is 5.26 Å². The summed E-state index contributed by atoms with van der Waals surface area (Å²) in [7, 11) is 0. The Hall–Kier alpha value is -2.93. The summed E-state index contributed by atoms with van der Waals surface area (Å²) in [6, 6.07) is 16.4. The smallest absolute Gasteiger partial charge is 0.267 e. The van der Waals surface area contributed by atoms with E-state index < -0.39 is 0 Å². The predicted octanol–water partition coefficient (Wildman–Crippen LogP) is 3.45. The summed E-state index contributed by atoms with van der Waals surface area (Å²) in [5.41, 5.74) is 5.64. The van der Waals surface area contributed by atoms with Crippen molar-refractivity contribution >= 4 is 12.1 Å². The van der Waals surface area contributed by atoms with Crippen LogP contribution in [-0.2, 0) is 0 Å². The number of carbonyl (C=O) groups is 1. The van der Waals surface area contributed by atoms with Gasteiger partial charge in [-0.3, -0.25) is 4.79 Å². The number of nitrogens with zero attached hydrogens (tertiary/aromatic N) is 2. The van der Waals surface area contributed by atoms with Crippen molar-refractivity contribution in [3.8, 4) is 6.07 Å². The minimum atomic E-state index is -0.306. The molecule has 0 aromatic heterocycles. The Bertz CT molecular complexity index is 707. The second kappa shape index (κ2) is 7.19. The summed E-state index contributed by atoms with van der Waals surface area (Å²) in [6.45, 7) is 4.28. The Morgan fingerprint density at radius 1 is 1.14 bits per heavy atom. The molecule has 0 atom stereocenters. The van der Waals surface area contributed by atoms with Crippen molar-refractivity contribution < 1.29 is 4.79 Å². The van der Waals surface area contributed by atoms with Gasteiger partial charge in [0.05, 0.1) is 17.8 Å². The highest BCUT2D eigenvalue weighted by Crippen LogP contribution is 2.13. The molecule has 0 aliphatic heterocycles. The highest BCUT2D eigenvalue weighted by Gasteiger charge is 2.03. The Balaban J connectivity index is 1.96. The van der Waals surface area contributed by atoms with E-state index >= 15 is 0 Å². The average molecular weight is 291 g/mol. The zero-order valence-electron chi connectivity index (χ0n) is 12.6. The third-order valence-corrected chi connectivity index (χ3v) is 3.26. The number of nitriles is 1. The van der Waals surface area contributed by atoms with E-state index in [1.807, 2.05) is 18.2 Å². The molecule has 0 spiro atoms. The van der Waals surface area contributed by atoms with Crippen LogP contribution in [0.4, 0.5) is 0 Å². The predicted molar refractivity (Wildman–Crippen MR) is 86.7 cm³/mol. The van der Waals surface area contributed by atoms with Gasteiger partial charge in [-0.25, -0.2) is 5.43 Å². The molecule has 0 saturated carbocycles. The highest BCUT2D eigenvalue weighted by atomic mass is 16.2. The molecular weight excluding hydrogens is 274 g/mol. The quantitative estimate of drug-likeness (QED) is 0.692. The van der Waals surface area contributed by atoms with Crippen LogP contribution in [0.3, 0.4) is 0 Å². The third kappa shape index (κ3) is 4.03. The van der Waals surface area contributed by atoms with Crippen LogP contribution in [0.5, 0.6) is 0 Å². The molecule has 0 aliphatic carbocycles. The van der Waals surface area contributed by atoms with Crippen LogP contribution in [0, 0.1) is 11.3 Å². The molecule has 110 valence electrons. The maximum absolute atomic E-state index is 11.9. The first kappa shape index (κ1) is 15.5. The summed E-state index contributed by atoms with van der Waals surface area (Å²) < 4.78 is 0. The van der Waals surface area contributed by atoms with E-state index in [1.54, 1.807) is 30.5 Å². The standard InChI is InChI=1S/C18H17N3O/c1-13(2)16-7-5-15(6-8-16)12-20-21-18(22)17-9-3-14(11-19)4-10-17/h3-10,12-13H,1-2H3,(H,21,22)/b20-12-. The lowest BCUT2D eigenvalue weighted by atomic mass is 10.0. The number of amides is 1. The molecule has 0 heterocycles. The second-order valence-electron chi connectivity index (χ2n) is 5.21. The van der Waals surface area contributed by atoms with Crippen molar-refractivity contribution in [3.05, 3.63) is 70.8 Å². The number of rotatable bonds is 4. The summed E-state index contributed by atoms with van der Waals surface area (Å²) in [4.78, 5) is 11.9. The number of benzene rings is 2. The van der Waals surface area contributed by atoms with Gasteiger partial charge in [0, 0.05) is 5.56 Å². The van der Waals surface area contributed by atoms with Gasteiger partial charge in [0.25, 0.3) is 5.91 Å². The third-order valence-electron chi connectivity index (χ3n) is 3.26. The molecule has 0 bridgehead atoms. The average Bonchev–Trinajstić information content (AvgIpc) is 2.55. The fraction of sp³-hybridized carbons (Fsp3) is 0.167. The molecule has 4 nitrogen and oxygen atoms in total. The van der Waals surface area contributed by atoms with E-state index in [-0.39, 0.29) is 5.91 Å². The molecule has 1 amide bonds. The monoisotopic (exact) mass is 291 g/mol. The van der Waals surface area contributed by atoms with Gasteiger partial charge in [0.15, 0.2) is 0 Å². The van der Waals surface area contributed by atoms with Crippen LogP contribution in [0.1, 0.15) is 46.8 Å². The van der Waals surface area contributed by atoms with Gasteiger partial charge in [0.2, 0.25) is 0 Å². The molecule has 0 unspecified atom stereocenters. The number of hydrogen-bond donors (Lipinski definition) is 1. The Kier molecular flexibility index (Phi) is 5.05. The van der Waals surface area contributed by atoms with Crippen LogP contribution >= 0.6 is 0 Å². The fourth-order valence-electron chi connectivity index (χ4n) is 1.89. The number of hydrogen-bond acceptors (Lipinski definition) is 3. The molecule has 0 fully saturated rings. The van der Waals surface area contributed by atoms with Crippen molar-refractivity contribution in [2.24, 2.45) is 5.10 Å². The van der Waals surface area contributed by atoms with Gasteiger partial charge in [-0.15, -0.1) is 0 Å². The van der Waals surface area contributed by atoms with Gasteiger partial charge in [0.1, 0.15) is 0 Å². The van der Waals surface area contributed by atoms with E-state index in [9.17, 15) is 4.79 Å². The Morgan fingerprint density at radius 3 is 2.32 bits per heavy atom. The molecule has 22 heavy (non-hydrogen) atoms. The molecule has 2 rings (SSSR count). The maximum atomic E-state index is 11.9. The van der Waals surface area contributed by atoms with Gasteiger partial charge in [-0.1, -0.05) is 38.1 Å². The van der Waals surface area contributed by atoms with E-state index in [0.717, 1.165) is 5.56 Å². The van der Waals surface area contributed by atoms with E-state index in [2.05, 4.69) is 36.5 Å². The van der Waals surface area contributed by atoms with Crippen LogP contribution in [-0.4, -0.2) is 12.1 Å². The topological polar surface area (TPSA) is 65.2 Å². The molecular formula is C18H17N3O. The number of carbonyl (C=O) groups excluding carboxylic acids is 1. The first-order valence-electron chi connectivity index (χ1n) is 7.03. The van der Waals surface area contributed by atoms with Crippen LogP contribution < -0.4 is 5.43 Å². The van der Waals surface area contributed by atoms with Crippen molar-refractivity contribution in [1.29, 1.82) is 5.26 Å². The Morgan fingerprint density at radius 2 is 1.77 bits per heavy atom. The molecule has 0 saturated heterocycles. The summed E-state index contributed by atoms with van der Waals surface area (Å²) in [5, 5.41) is 12.7. The number of hydrazone groups is 1. The maximum Gasteiger partial charge on any atom is 0.271 e. The van der Waals surface area contributed by atoms with Gasteiger partial charge in [-0.05, 0) is 41.3 Å².